The first-order chi connectivity index (χ1) is 7.66. The summed E-state index contributed by atoms with van der Waals surface area (Å²) in [5.74, 6) is 0. The van der Waals surface area contributed by atoms with Gasteiger partial charge in [0.2, 0.25) is 0 Å². The quantitative estimate of drug-likeness (QED) is 0.642. The van der Waals surface area contributed by atoms with E-state index in [2.05, 4.69) is 20.9 Å². The van der Waals surface area contributed by atoms with Gasteiger partial charge in [-0.15, -0.1) is 0 Å². The van der Waals surface area contributed by atoms with Gasteiger partial charge in [0.1, 0.15) is 0 Å². The van der Waals surface area contributed by atoms with Gasteiger partial charge in [-0.05, 0) is 11.6 Å². The Hall–Kier alpha value is -1.69. The zero-order chi connectivity index (χ0) is 11.5. The number of non-ortho nitro benzene ring substituents is 1. The lowest BCUT2D eigenvalue weighted by atomic mass is 10.2. The topological polar surface area (TPSA) is 61.0 Å². The molecule has 0 aliphatic heterocycles. The highest BCUT2D eigenvalue weighted by Crippen LogP contribution is 2.23. The van der Waals surface area contributed by atoms with E-state index in [9.17, 15) is 10.1 Å². The molecule has 0 aliphatic carbocycles. The number of nitro benzene ring substituents is 1. The summed E-state index contributed by atoms with van der Waals surface area (Å²) in [6.45, 7) is 0.637. The van der Waals surface area contributed by atoms with Gasteiger partial charge < -0.3 is 4.57 Å². The maximum atomic E-state index is 10.6. The van der Waals surface area contributed by atoms with E-state index in [-0.39, 0.29) is 5.69 Å². The predicted octanol–water partition coefficient (Wildman–Crippen LogP) is 2.60. The van der Waals surface area contributed by atoms with E-state index in [0.717, 1.165) is 10.0 Å². The first-order valence-electron chi connectivity index (χ1n) is 4.55. The summed E-state index contributed by atoms with van der Waals surface area (Å²) in [6.07, 6.45) is 5.24. The molecule has 2 aromatic rings. The largest absolute Gasteiger partial charge is 0.333 e. The molecule has 2 rings (SSSR count). The van der Waals surface area contributed by atoms with Gasteiger partial charge in [-0.25, -0.2) is 4.98 Å². The van der Waals surface area contributed by atoms with E-state index in [4.69, 9.17) is 0 Å². The van der Waals surface area contributed by atoms with Crippen molar-refractivity contribution in [3.63, 3.8) is 0 Å². The maximum absolute atomic E-state index is 10.6. The van der Waals surface area contributed by atoms with Crippen LogP contribution in [0.25, 0.3) is 0 Å². The van der Waals surface area contributed by atoms with Crippen LogP contribution in [-0.4, -0.2) is 14.5 Å². The molecule has 82 valence electrons. The molecule has 0 radical (unpaired) electrons. The zero-order valence-electron chi connectivity index (χ0n) is 8.21. The monoisotopic (exact) mass is 281 g/mol. The van der Waals surface area contributed by atoms with E-state index in [0.29, 0.717) is 6.54 Å². The molecule has 1 heterocycles. The minimum Gasteiger partial charge on any atom is -0.333 e. The van der Waals surface area contributed by atoms with Crippen molar-refractivity contribution in [1.82, 2.24) is 9.55 Å². The van der Waals surface area contributed by atoms with Crippen LogP contribution < -0.4 is 0 Å². The second-order valence-electron chi connectivity index (χ2n) is 3.27. The van der Waals surface area contributed by atoms with Crippen molar-refractivity contribution in [1.29, 1.82) is 0 Å². The lowest BCUT2D eigenvalue weighted by Gasteiger charge is -2.04. The van der Waals surface area contributed by atoms with Gasteiger partial charge in [0.25, 0.3) is 5.69 Å². The van der Waals surface area contributed by atoms with E-state index in [1.165, 1.54) is 12.1 Å². The van der Waals surface area contributed by atoms with E-state index in [1.807, 2.05) is 10.8 Å². The second-order valence-corrected chi connectivity index (χ2v) is 4.12. The number of rotatable bonds is 3. The Morgan fingerprint density at radius 1 is 1.50 bits per heavy atom. The summed E-state index contributed by atoms with van der Waals surface area (Å²) < 4.78 is 2.63. The average molecular weight is 282 g/mol. The Labute approximate surface area is 100 Å². The lowest BCUT2D eigenvalue weighted by molar-refractivity contribution is -0.384. The molecule has 1 aromatic heterocycles. The van der Waals surface area contributed by atoms with Crippen LogP contribution in [0.1, 0.15) is 5.56 Å². The van der Waals surface area contributed by atoms with Crippen LogP contribution in [0.15, 0.2) is 41.4 Å². The van der Waals surface area contributed by atoms with Crippen LogP contribution in [0, 0.1) is 10.1 Å². The number of hydrogen-bond acceptors (Lipinski definition) is 3. The van der Waals surface area contributed by atoms with Crippen LogP contribution in [0.5, 0.6) is 0 Å². The van der Waals surface area contributed by atoms with Crippen molar-refractivity contribution < 1.29 is 4.92 Å². The minimum absolute atomic E-state index is 0.0845. The van der Waals surface area contributed by atoms with Gasteiger partial charge >= 0.3 is 0 Å². The Balaban J connectivity index is 2.26. The first-order valence-corrected chi connectivity index (χ1v) is 5.34. The number of imidazole rings is 1. The Bertz CT molecular complexity index is 511. The number of nitrogens with zero attached hydrogens (tertiary/aromatic N) is 3. The Morgan fingerprint density at radius 2 is 2.31 bits per heavy atom. The van der Waals surface area contributed by atoms with E-state index in [1.54, 1.807) is 18.6 Å². The smallest absolute Gasteiger partial charge is 0.270 e. The van der Waals surface area contributed by atoms with Crippen LogP contribution in [-0.2, 0) is 6.54 Å². The summed E-state index contributed by atoms with van der Waals surface area (Å²) >= 11 is 3.32. The highest BCUT2D eigenvalue weighted by atomic mass is 79.9. The van der Waals surface area contributed by atoms with Crippen molar-refractivity contribution in [2.45, 2.75) is 6.54 Å². The minimum atomic E-state index is -0.411. The SMILES string of the molecule is O=[N+]([O-])c1ccc(Cn2ccnc2)c(Br)c1. The molecule has 16 heavy (non-hydrogen) atoms. The number of hydrogen-bond donors (Lipinski definition) is 0. The molecule has 0 amide bonds. The molecule has 0 atom stereocenters. The summed E-state index contributed by atoms with van der Waals surface area (Å²) in [5, 5.41) is 10.6. The van der Waals surface area contributed by atoms with Crippen molar-refractivity contribution in [3.05, 3.63) is 57.1 Å². The van der Waals surface area contributed by atoms with E-state index >= 15 is 0 Å². The summed E-state index contributed by atoms with van der Waals surface area (Å²) in [4.78, 5) is 14.1. The number of aromatic nitrogens is 2. The van der Waals surface area contributed by atoms with Crippen molar-refractivity contribution in [2.75, 3.05) is 0 Å². The van der Waals surface area contributed by atoms with Crippen molar-refractivity contribution in [3.8, 4) is 0 Å². The molecular weight excluding hydrogens is 274 g/mol. The Morgan fingerprint density at radius 3 is 2.88 bits per heavy atom. The molecule has 0 aliphatic rings. The number of benzene rings is 1. The van der Waals surface area contributed by atoms with Crippen LogP contribution >= 0.6 is 15.9 Å². The molecule has 1 aromatic carbocycles. The van der Waals surface area contributed by atoms with E-state index < -0.39 is 4.92 Å². The standard InChI is InChI=1S/C10H8BrN3O2/c11-10-5-9(14(15)16)2-1-8(10)6-13-4-3-12-7-13/h1-5,7H,6H2. The molecule has 0 saturated heterocycles. The normalized spacial score (nSPS) is 10.3. The van der Waals surface area contributed by atoms with Gasteiger partial charge in [-0.2, -0.15) is 0 Å². The van der Waals surface area contributed by atoms with Gasteiger partial charge in [0.15, 0.2) is 0 Å². The van der Waals surface area contributed by atoms with Crippen LogP contribution in [0.2, 0.25) is 0 Å². The highest BCUT2D eigenvalue weighted by molar-refractivity contribution is 9.10. The predicted molar refractivity (Wildman–Crippen MR) is 62.1 cm³/mol. The van der Waals surface area contributed by atoms with Gasteiger partial charge in [-0.3, -0.25) is 10.1 Å². The fourth-order valence-electron chi connectivity index (χ4n) is 1.35. The maximum Gasteiger partial charge on any atom is 0.270 e. The van der Waals surface area contributed by atoms with Gasteiger partial charge in [-0.1, -0.05) is 15.9 Å². The Kier molecular flexibility index (Phi) is 3.00. The summed E-state index contributed by atoms with van der Waals surface area (Å²) in [7, 11) is 0. The first kappa shape index (κ1) is 10.8. The summed E-state index contributed by atoms with van der Waals surface area (Å²) in [5.41, 5.74) is 1.06. The molecule has 0 saturated carbocycles. The molecule has 0 N–H and O–H groups in total. The lowest BCUT2D eigenvalue weighted by Crippen LogP contribution is -1.98. The molecule has 0 unspecified atom stereocenters. The second kappa shape index (κ2) is 4.44. The van der Waals surface area contributed by atoms with Crippen LogP contribution in [0.4, 0.5) is 5.69 Å². The zero-order valence-corrected chi connectivity index (χ0v) is 9.79. The average Bonchev–Trinajstić information content (AvgIpc) is 2.73. The number of halogens is 1. The van der Waals surface area contributed by atoms with Crippen molar-refractivity contribution in [2.24, 2.45) is 0 Å². The molecular formula is C10H8BrN3O2. The fourth-order valence-corrected chi connectivity index (χ4v) is 1.85. The molecule has 0 fully saturated rings. The molecule has 6 heteroatoms. The van der Waals surface area contributed by atoms with Crippen LogP contribution in [0.3, 0.4) is 0 Å². The number of nitro groups is 1. The molecule has 5 nitrogen and oxygen atoms in total. The summed E-state index contributed by atoms with van der Waals surface area (Å²) in [6, 6.07) is 4.74. The third-order valence-corrected chi connectivity index (χ3v) is 2.90. The molecule has 0 spiro atoms. The third-order valence-electron chi connectivity index (χ3n) is 2.16. The van der Waals surface area contributed by atoms with Crippen molar-refractivity contribution >= 4 is 21.6 Å². The van der Waals surface area contributed by atoms with Gasteiger partial charge in [0.05, 0.1) is 11.3 Å². The molecule has 0 bridgehead atoms. The van der Waals surface area contributed by atoms with Gasteiger partial charge in [0, 0.05) is 35.5 Å². The highest BCUT2D eigenvalue weighted by Gasteiger charge is 2.08. The third kappa shape index (κ3) is 2.27. The fraction of sp³-hybridized carbons (Fsp3) is 0.100.